The van der Waals surface area contributed by atoms with Crippen LogP contribution in [0.3, 0.4) is 0 Å². The zero-order chi connectivity index (χ0) is 13.7. The zero-order valence-electron chi connectivity index (χ0n) is 11.4. The van der Waals surface area contributed by atoms with Crippen LogP contribution in [0.2, 0.25) is 0 Å². The molecule has 0 unspecified atom stereocenters. The number of anilines is 1. The zero-order valence-corrected chi connectivity index (χ0v) is 15.7. The lowest BCUT2D eigenvalue weighted by molar-refractivity contribution is 0.641. The van der Waals surface area contributed by atoms with E-state index in [1.165, 1.54) is 22.6 Å². The largest absolute Gasteiger partial charge is 0.269 e. The maximum atomic E-state index is 4.49. The highest BCUT2D eigenvalue weighted by Crippen LogP contribution is 2.31. The SMILES string of the molecule is CCC(CC)/C(=N/I)N(I)c1c(C)cccc1C. The molecule has 2 nitrogen and oxygen atoms in total. The summed E-state index contributed by atoms with van der Waals surface area (Å²) < 4.78 is 6.72. The van der Waals surface area contributed by atoms with E-state index in [0.29, 0.717) is 5.92 Å². The predicted octanol–water partition coefficient (Wildman–Crippen LogP) is 5.64. The number of aryl methyl sites for hydroxylation is 2. The van der Waals surface area contributed by atoms with Gasteiger partial charge < -0.3 is 0 Å². The van der Waals surface area contributed by atoms with Crippen molar-refractivity contribution in [3.8, 4) is 0 Å². The van der Waals surface area contributed by atoms with Crippen molar-refractivity contribution in [1.29, 1.82) is 0 Å². The summed E-state index contributed by atoms with van der Waals surface area (Å²) in [5, 5.41) is 0. The molecule has 0 aromatic heterocycles. The molecule has 0 aliphatic heterocycles. The molecule has 0 bridgehead atoms. The van der Waals surface area contributed by atoms with Crippen LogP contribution in [-0.2, 0) is 0 Å². The Labute approximate surface area is 138 Å². The van der Waals surface area contributed by atoms with Gasteiger partial charge in [-0.05, 0) is 37.8 Å². The van der Waals surface area contributed by atoms with Gasteiger partial charge in [0.15, 0.2) is 0 Å². The van der Waals surface area contributed by atoms with E-state index in [9.17, 15) is 0 Å². The Morgan fingerprint density at radius 1 is 1.22 bits per heavy atom. The van der Waals surface area contributed by atoms with Gasteiger partial charge in [0, 0.05) is 5.92 Å². The number of rotatable bonds is 4. The van der Waals surface area contributed by atoms with E-state index >= 15 is 0 Å². The first-order valence-electron chi connectivity index (χ1n) is 6.27. The number of halogens is 2. The first-order chi connectivity index (χ1) is 8.56. The molecule has 0 heterocycles. The van der Waals surface area contributed by atoms with Gasteiger partial charge in [-0.1, -0.05) is 32.0 Å². The molecule has 4 heteroatoms. The molecule has 0 aliphatic rings. The van der Waals surface area contributed by atoms with Crippen molar-refractivity contribution in [1.82, 2.24) is 0 Å². The summed E-state index contributed by atoms with van der Waals surface area (Å²) in [4.78, 5) is 0. The van der Waals surface area contributed by atoms with Gasteiger partial charge in [-0.15, -0.1) is 0 Å². The van der Waals surface area contributed by atoms with Crippen LogP contribution >= 0.6 is 45.7 Å². The Kier molecular flexibility index (Phi) is 6.90. The van der Waals surface area contributed by atoms with Crippen LogP contribution in [-0.4, -0.2) is 5.84 Å². The summed E-state index contributed by atoms with van der Waals surface area (Å²) >= 11 is 4.50. The fourth-order valence-electron chi connectivity index (χ4n) is 2.15. The summed E-state index contributed by atoms with van der Waals surface area (Å²) in [6.07, 6.45) is 2.26. The van der Waals surface area contributed by atoms with Gasteiger partial charge in [0.25, 0.3) is 0 Å². The number of hydrogen-bond acceptors (Lipinski definition) is 1. The van der Waals surface area contributed by atoms with Crippen LogP contribution < -0.4 is 3.11 Å². The molecule has 0 N–H and O–H groups in total. The summed E-state index contributed by atoms with van der Waals surface area (Å²) in [5.74, 6) is 1.69. The third-order valence-electron chi connectivity index (χ3n) is 3.27. The number of hydrogen-bond donors (Lipinski definition) is 0. The monoisotopic (exact) mass is 470 g/mol. The quantitative estimate of drug-likeness (QED) is 0.241. The van der Waals surface area contributed by atoms with E-state index < -0.39 is 0 Å². The minimum atomic E-state index is 0.526. The van der Waals surface area contributed by atoms with Gasteiger partial charge in [-0.2, -0.15) is 0 Å². The van der Waals surface area contributed by atoms with Gasteiger partial charge >= 0.3 is 0 Å². The van der Waals surface area contributed by atoms with E-state index in [0.717, 1.165) is 12.8 Å². The molecule has 1 rings (SSSR count). The molecule has 0 saturated heterocycles. The van der Waals surface area contributed by atoms with Crippen molar-refractivity contribution in [3.05, 3.63) is 29.3 Å². The van der Waals surface area contributed by atoms with E-state index in [1.54, 1.807) is 0 Å². The highest BCUT2D eigenvalue weighted by Gasteiger charge is 2.21. The van der Waals surface area contributed by atoms with Gasteiger partial charge in [0.1, 0.15) is 5.84 Å². The van der Waals surface area contributed by atoms with Crippen LogP contribution in [0.5, 0.6) is 0 Å². The van der Waals surface area contributed by atoms with Gasteiger partial charge in [0.05, 0.1) is 51.4 Å². The molecule has 0 atom stereocenters. The summed E-state index contributed by atoms with van der Waals surface area (Å²) in [6, 6.07) is 6.42. The first kappa shape index (κ1) is 16.2. The maximum absolute atomic E-state index is 4.49. The molecule has 0 aliphatic carbocycles. The fourth-order valence-corrected chi connectivity index (χ4v) is 4.43. The highest BCUT2D eigenvalue weighted by molar-refractivity contribution is 14.1. The van der Waals surface area contributed by atoms with Crippen molar-refractivity contribution in [2.45, 2.75) is 40.5 Å². The van der Waals surface area contributed by atoms with E-state index in [1.807, 2.05) is 0 Å². The average Bonchev–Trinajstić information content (AvgIpc) is 2.35. The molecule has 0 radical (unpaired) electrons. The average molecular weight is 470 g/mol. The lowest BCUT2D eigenvalue weighted by atomic mass is 10.0. The van der Waals surface area contributed by atoms with Crippen molar-refractivity contribution in [2.24, 2.45) is 9.12 Å². The Morgan fingerprint density at radius 2 is 1.72 bits per heavy atom. The Balaban J connectivity index is 3.16. The fraction of sp³-hybridized carbons (Fsp3) is 0.500. The highest BCUT2D eigenvalue weighted by atomic mass is 127. The second-order valence-electron chi connectivity index (χ2n) is 4.48. The molecule has 0 spiro atoms. The Bertz CT molecular complexity index is 406. The van der Waals surface area contributed by atoms with Crippen LogP contribution in [0.4, 0.5) is 5.69 Å². The van der Waals surface area contributed by atoms with Crippen LogP contribution in [0.15, 0.2) is 21.4 Å². The number of benzene rings is 1. The van der Waals surface area contributed by atoms with Gasteiger partial charge in [-0.3, -0.25) is 3.11 Å². The van der Waals surface area contributed by atoms with Crippen LogP contribution in [0.1, 0.15) is 37.8 Å². The molecular formula is C14H20I2N2. The Morgan fingerprint density at radius 3 is 2.11 bits per heavy atom. The third-order valence-corrected chi connectivity index (χ3v) is 4.75. The Hall–Kier alpha value is 0.150. The molecule has 0 saturated carbocycles. The standard InChI is InChI=1S/C14H20I2N2/c1-5-12(6-2)14(17-15)18(16)13-10(3)8-7-9-11(13)4/h7-9,12H,5-6H2,1-4H3/b17-14-. The summed E-state index contributed by atoms with van der Waals surface area (Å²) in [6.45, 7) is 8.77. The first-order valence-corrected chi connectivity index (χ1v) is 8.20. The minimum Gasteiger partial charge on any atom is -0.269 e. The maximum Gasteiger partial charge on any atom is 0.127 e. The normalized spacial score (nSPS) is 12.1. The van der Waals surface area contributed by atoms with Crippen molar-refractivity contribution < 1.29 is 0 Å². The van der Waals surface area contributed by atoms with Crippen LogP contribution in [0, 0.1) is 19.8 Å². The molecule has 0 fully saturated rings. The predicted molar refractivity (Wildman–Crippen MR) is 97.9 cm³/mol. The van der Waals surface area contributed by atoms with Crippen molar-refractivity contribution in [3.63, 3.8) is 0 Å². The number of para-hydroxylation sites is 1. The van der Waals surface area contributed by atoms with Crippen molar-refractivity contribution >= 4 is 57.3 Å². The molecular weight excluding hydrogens is 450 g/mol. The lowest BCUT2D eigenvalue weighted by Crippen LogP contribution is -2.28. The van der Waals surface area contributed by atoms with Crippen molar-refractivity contribution in [2.75, 3.05) is 3.11 Å². The van der Waals surface area contributed by atoms with E-state index in [4.69, 9.17) is 0 Å². The summed E-state index contributed by atoms with van der Waals surface area (Å²) in [7, 11) is 0. The molecule has 1 aromatic carbocycles. The van der Waals surface area contributed by atoms with Gasteiger partial charge in [-0.25, -0.2) is 3.21 Å². The number of amidine groups is 1. The van der Waals surface area contributed by atoms with E-state index in [-0.39, 0.29) is 0 Å². The smallest absolute Gasteiger partial charge is 0.127 e. The second-order valence-corrected chi connectivity index (χ2v) is 5.92. The lowest BCUT2D eigenvalue weighted by Gasteiger charge is -2.26. The second kappa shape index (κ2) is 7.67. The number of nitrogens with zero attached hydrogens (tertiary/aromatic N) is 2. The molecule has 1 aromatic rings. The molecule has 0 amide bonds. The summed E-state index contributed by atoms with van der Waals surface area (Å²) in [5.41, 5.74) is 3.88. The molecule has 18 heavy (non-hydrogen) atoms. The third kappa shape index (κ3) is 3.59. The minimum absolute atomic E-state index is 0.526. The van der Waals surface area contributed by atoms with Gasteiger partial charge in [0.2, 0.25) is 0 Å². The van der Waals surface area contributed by atoms with Crippen LogP contribution in [0.25, 0.3) is 0 Å². The molecule has 100 valence electrons. The van der Waals surface area contributed by atoms with E-state index in [2.05, 4.69) is 97.9 Å². The topological polar surface area (TPSA) is 15.6 Å².